The lowest BCUT2D eigenvalue weighted by atomic mass is 9.94. The van der Waals surface area contributed by atoms with Crippen molar-refractivity contribution in [2.24, 2.45) is 0 Å². The van der Waals surface area contributed by atoms with Gasteiger partial charge in [0.25, 0.3) is 0 Å². The highest BCUT2D eigenvalue weighted by molar-refractivity contribution is 5.76. The monoisotopic (exact) mass is 1790 g/mol. The van der Waals surface area contributed by atoms with Crippen LogP contribution in [0, 0.1) is 0 Å². The molecule has 50 heteroatoms. The van der Waals surface area contributed by atoms with Crippen LogP contribution in [0.1, 0.15) is 132 Å². The number of ether oxygens (including phenoxy) is 27. The number of nitrogens with one attached hydrogen (secondary N) is 3. The SMILES string of the molecule is CC(=O)N[C@@H]1[C@H](O[C@@H]2[C@@H](O[C@@H]3[C@H](OC(C)=O)[C@H](O[C@H]4[C@H](OC(C)=O)[C@@H](NC(C)=O)[C@H](O)O[C@@H]4COC(C)=O)O[C@H](CO[C@H]4O[C@H](COC(C)=O)[C@@H](OC(C)=O)[C@H](OC(C)=O)[C@@H]4O[C@@H]4O[C@H](COC(C)=O)[C@@H](OC(C)=O)[C@H](OC(C)=O)[C@H]4NC(C)=O)[C@H]3OC(C)=O)O[C@H](COC(C)=O)[C@@H](OC(C)=O)[C@@H]2OC(C)=O)O[C@H](COC(C)=O)[C@@H](OC(C)=O)[C@@H]1OC(C)=O. The van der Waals surface area contributed by atoms with Crippen molar-refractivity contribution in [1.82, 2.24) is 16.0 Å². The fourth-order valence-electron chi connectivity index (χ4n) is 14.0. The van der Waals surface area contributed by atoms with E-state index in [1.807, 2.05) is 0 Å². The van der Waals surface area contributed by atoms with Gasteiger partial charge in [0, 0.05) is 132 Å². The van der Waals surface area contributed by atoms with Crippen LogP contribution in [0.5, 0.6) is 0 Å². The second-order valence-corrected chi connectivity index (χ2v) is 28.5. The van der Waals surface area contributed by atoms with E-state index in [0.717, 1.165) is 132 Å². The van der Waals surface area contributed by atoms with Gasteiger partial charge in [-0.15, -0.1) is 0 Å². The number of esters is 16. The molecule has 6 rings (SSSR count). The molecule has 0 bridgehead atoms. The lowest BCUT2D eigenvalue weighted by Crippen LogP contribution is -2.71. The third kappa shape index (κ3) is 30.4. The molecule has 0 aliphatic carbocycles. The molecule has 0 saturated carbocycles. The quantitative estimate of drug-likeness (QED) is 0.0343. The fourth-order valence-corrected chi connectivity index (χ4v) is 14.0. The summed E-state index contributed by atoms with van der Waals surface area (Å²) in [4.78, 5) is 252. The third-order valence-electron chi connectivity index (χ3n) is 18.0. The summed E-state index contributed by atoms with van der Waals surface area (Å²) >= 11 is 0. The van der Waals surface area contributed by atoms with Gasteiger partial charge in [-0.3, -0.25) is 91.1 Å². The Kier molecular flexibility index (Phi) is 38.7. The molecule has 0 aromatic rings. The lowest BCUT2D eigenvalue weighted by Gasteiger charge is -2.52. The molecule has 0 aromatic carbocycles. The minimum Gasteiger partial charge on any atom is -0.463 e. The topological polar surface area (TPSA) is 630 Å². The Hall–Kier alpha value is -10.5. The van der Waals surface area contributed by atoms with Crippen molar-refractivity contribution in [2.45, 2.75) is 316 Å². The molecule has 0 aromatic heterocycles. The standard InChI is InChI=1S/C74H103N3O47/c1-26(78)75-51-60(109-39(14)91)56(45(115-69(51)97)20-98-29(4)81)121-73-67(114-44(19)96)65(122-74-68(64(113-43(18)95)58(107-37(12)89)49(119-74)24-102-33(8)85)124-71-53(77-28(3)80)62(111-41(16)93)55(105-35(10)87)47(117-71)22-100-31(6)83)59(108-38(13)90)50(120-73)25-103-72-66(63(112-42(17)94)57(106-36(11)88)48(118-72)23-101-32(7)84)123-70-52(76-27(2)79)61(110-40(15)92)54(104-34(9)86)46(116-70)21-99-30(5)82/h45-74,97H,20-25H2,1-19H3,(H,75,78)(H,76,79)(H,77,80)/t45-,46-,47-,48-,49-,50-,51-,52-,53+,54-,55-,56-,57-,58-,59-,60-,61-,62-,63+,64+,65+,66+,67+,68+,69-,70+,71+,72+,73+,74-/m1/s1. The van der Waals surface area contributed by atoms with E-state index in [1.54, 1.807) is 0 Å². The third-order valence-corrected chi connectivity index (χ3v) is 18.0. The van der Waals surface area contributed by atoms with E-state index in [4.69, 9.17) is 128 Å². The van der Waals surface area contributed by atoms with Gasteiger partial charge in [-0.1, -0.05) is 0 Å². The molecule has 30 atom stereocenters. The minimum atomic E-state index is -2.59. The average molecular weight is 1790 g/mol. The highest BCUT2D eigenvalue weighted by Gasteiger charge is 2.64. The van der Waals surface area contributed by atoms with Gasteiger partial charge >= 0.3 is 95.5 Å². The van der Waals surface area contributed by atoms with E-state index in [-0.39, 0.29) is 0 Å². The maximum absolute atomic E-state index is 14.3. The van der Waals surface area contributed by atoms with Crippen LogP contribution in [0.2, 0.25) is 0 Å². The first-order valence-electron chi connectivity index (χ1n) is 38.2. The predicted molar refractivity (Wildman–Crippen MR) is 387 cm³/mol. The van der Waals surface area contributed by atoms with E-state index >= 15 is 0 Å². The molecule has 6 heterocycles. The number of aliphatic hydroxyl groups excluding tert-OH is 1. The summed E-state index contributed by atoms with van der Waals surface area (Å²) < 4.78 is 163. The number of rotatable bonds is 35. The number of carbonyl (C=O) groups is 19. The normalized spacial score (nSPS) is 33.1. The van der Waals surface area contributed by atoms with Crippen molar-refractivity contribution in [3.8, 4) is 0 Å². The molecular formula is C74H103N3O47. The van der Waals surface area contributed by atoms with E-state index in [2.05, 4.69) is 16.0 Å². The van der Waals surface area contributed by atoms with Gasteiger partial charge in [-0.25, -0.2) is 0 Å². The van der Waals surface area contributed by atoms with E-state index < -0.39 is 337 Å². The zero-order chi connectivity index (χ0) is 92.7. The van der Waals surface area contributed by atoms with Crippen molar-refractivity contribution < 1.29 is 224 Å². The van der Waals surface area contributed by atoms with Gasteiger partial charge in [-0.05, 0) is 0 Å². The van der Waals surface area contributed by atoms with Crippen molar-refractivity contribution in [3.63, 3.8) is 0 Å². The number of hydrogen-bond donors (Lipinski definition) is 4. The molecule has 696 valence electrons. The zero-order valence-corrected chi connectivity index (χ0v) is 70.8. The van der Waals surface area contributed by atoms with Crippen LogP contribution in [0.25, 0.3) is 0 Å². The first kappa shape index (κ1) is 102. The van der Waals surface area contributed by atoms with Gasteiger partial charge < -0.3 is 149 Å². The van der Waals surface area contributed by atoms with Crippen molar-refractivity contribution in [1.29, 1.82) is 0 Å². The minimum absolute atomic E-state index is 0.781. The molecule has 6 fully saturated rings. The van der Waals surface area contributed by atoms with Gasteiger partial charge in [0.2, 0.25) is 17.7 Å². The maximum atomic E-state index is 14.3. The molecule has 3 amide bonds. The molecular weight excluding hydrogens is 1680 g/mol. The first-order chi connectivity index (χ1) is 58.0. The van der Waals surface area contributed by atoms with Crippen molar-refractivity contribution in [2.75, 3.05) is 39.6 Å². The first-order valence-corrected chi connectivity index (χ1v) is 38.2. The molecule has 4 N–H and O–H groups in total. The fraction of sp³-hybridized carbons (Fsp3) is 0.743. The number of amides is 3. The summed E-state index contributed by atoms with van der Waals surface area (Å²) in [5, 5.41) is 19.0. The average Bonchev–Trinajstić information content (AvgIpc) is 0.751. The molecule has 50 nitrogen and oxygen atoms in total. The Morgan fingerprint density at radius 2 is 0.419 bits per heavy atom. The van der Waals surface area contributed by atoms with Gasteiger partial charge in [0.05, 0.1) is 6.61 Å². The molecule has 0 unspecified atom stereocenters. The van der Waals surface area contributed by atoms with Crippen LogP contribution in [-0.2, 0) is 219 Å². The molecule has 124 heavy (non-hydrogen) atoms. The lowest BCUT2D eigenvalue weighted by molar-refractivity contribution is -0.394. The van der Waals surface area contributed by atoms with Crippen LogP contribution >= 0.6 is 0 Å². The summed E-state index contributed by atoms with van der Waals surface area (Å²) in [5.41, 5.74) is 0. The van der Waals surface area contributed by atoms with Gasteiger partial charge in [-0.2, -0.15) is 0 Å². The van der Waals surface area contributed by atoms with E-state index in [0.29, 0.717) is 0 Å². The highest BCUT2D eigenvalue weighted by Crippen LogP contribution is 2.42. The van der Waals surface area contributed by atoms with Gasteiger partial charge in [0.1, 0.15) is 100.0 Å². The zero-order valence-electron chi connectivity index (χ0n) is 70.8. The summed E-state index contributed by atoms with van der Waals surface area (Å²) in [6, 6.07) is -5.77. The summed E-state index contributed by atoms with van der Waals surface area (Å²) in [6.45, 7) is 11.1. The Labute approximate surface area is 706 Å². The smallest absolute Gasteiger partial charge is 0.303 e. The largest absolute Gasteiger partial charge is 0.463 e. The summed E-state index contributed by atoms with van der Waals surface area (Å²) in [7, 11) is 0. The summed E-state index contributed by atoms with van der Waals surface area (Å²) in [5.74, 6) is -20.9. The van der Waals surface area contributed by atoms with Crippen LogP contribution in [0.3, 0.4) is 0 Å². The summed E-state index contributed by atoms with van der Waals surface area (Å²) in [6.07, 6.45) is -58.4. The molecule has 0 spiro atoms. The van der Waals surface area contributed by atoms with Crippen LogP contribution in [-0.4, -0.2) is 342 Å². The predicted octanol–water partition coefficient (Wildman–Crippen LogP) is -4.54. The number of carbonyl (C=O) groups excluding carboxylic acids is 19. The Morgan fingerprint density at radius 3 is 0.726 bits per heavy atom. The van der Waals surface area contributed by atoms with Crippen molar-refractivity contribution in [3.05, 3.63) is 0 Å². The van der Waals surface area contributed by atoms with E-state index in [1.165, 1.54) is 0 Å². The van der Waals surface area contributed by atoms with Crippen molar-refractivity contribution >= 4 is 113 Å². The highest BCUT2D eigenvalue weighted by atomic mass is 16.8. The number of aliphatic hydroxyl groups is 1. The number of hydrogen-bond acceptors (Lipinski definition) is 47. The molecule has 6 aliphatic heterocycles. The molecule has 6 saturated heterocycles. The van der Waals surface area contributed by atoms with Crippen LogP contribution < -0.4 is 16.0 Å². The Morgan fingerprint density at radius 1 is 0.210 bits per heavy atom. The molecule has 6 aliphatic rings. The Balaban J connectivity index is 1.76. The molecule has 0 radical (unpaired) electrons. The second-order valence-electron chi connectivity index (χ2n) is 28.5. The van der Waals surface area contributed by atoms with Crippen LogP contribution in [0.4, 0.5) is 0 Å². The maximum Gasteiger partial charge on any atom is 0.303 e. The van der Waals surface area contributed by atoms with E-state index in [9.17, 15) is 96.2 Å². The second kappa shape index (κ2) is 47.0. The van der Waals surface area contributed by atoms with Gasteiger partial charge in [0.15, 0.2) is 117 Å². The Bertz CT molecular complexity index is 3860. The van der Waals surface area contributed by atoms with Crippen LogP contribution in [0.15, 0.2) is 0 Å².